The summed E-state index contributed by atoms with van der Waals surface area (Å²) in [5.41, 5.74) is 7.47. The molecule has 1 heterocycles. The van der Waals surface area contributed by atoms with Crippen molar-refractivity contribution in [3.8, 4) is 11.1 Å². The first-order chi connectivity index (χ1) is 22.1. The van der Waals surface area contributed by atoms with Crippen LogP contribution in [-0.2, 0) is 0 Å². The van der Waals surface area contributed by atoms with E-state index in [9.17, 15) is 0 Å². The van der Waals surface area contributed by atoms with Gasteiger partial charge in [0.2, 0.25) is 0 Å². The molecule has 0 bridgehead atoms. The van der Waals surface area contributed by atoms with Gasteiger partial charge in [0, 0.05) is 22.9 Å². The van der Waals surface area contributed by atoms with Gasteiger partial charge in [0.1, 0.15) is 12.0 Å². The molecule has 0 aliphatic carbocycles. The smallest absolute Gasteiger partial charge is 0.159 e. The van der Waals surface area contributed by atoms with Crippen LogP contribution in [0.5, 0.6) is 0 Å². The average Bonchev–Trinajstić information content (AvgIpc) is 3.11. The van der Waals surface area contributed by atoms with Crippen LogP contribution in [-0.4, -0.2) is 17.9 Å². The zero-order chi connectivity index (χ0) is 30.3. The second-order valence-corrected chi connectivity index (χ2v) is 11.5. The summed E-state index contributed by atoms with van der Waals surface area (Å²) >= 11 is 0. The number of nitrogens with zero attached hydrogens (tertiary/aromatic N) is 2. The lowest BCUT2D eigenvalue weighted by atomic mass is 9.95. The summed E-state index contributed by atoms with van der Waals surface area (Å²) in [6.07, 6.45) is 1.16. The van der Waals surface area contributed by atoms with Gasteiger partial charge in [-0.15, -0.1) is 0 Å². The van der Waals surface area contributed by atoms with Crippen molar-refractivity contribution < 1.29 is 0 Å². The van der Waals surface area contributed by atoms with Gasteiger partial charge in [-0.25, -0.2) is 9.98 Å². The maximum atomic E-state index is 7.96. The fourth-order valence-corrected chi connectivity index (χ4v) is 6.33. The normalized spacial score (nSPS) is 14.6. The van der Waals surface area contributed by atoms with Gasteiger partial charge in [-0.1, -0.05) is 127 Å². The number of aryl methyl sites for hydroxylation is 1. The molecular weight excluding hydrogens is 548 g/mol. The van der Waals surface area contributed by atoms with Crippen molar-refractivity contribution in [3.05, 3.63) is 167 Å². The number of fused-ring (bicyclic) bond motifs is 4. The number of hydrogen-bond acceptors (Lipinski definition) is 4. The lowest BCUT2D eigenvalue weighted by molar-refractivity contribution is 0.675. The number of hydrogen-bond donors (Lipinski definition) is 2. The monoisotopic (exact) mass is 578 g/mol. The highest BCUT2D eigenvalue weighted by Gasteiger charge is 2.22. The van der Waals surface area contributed by atoms with E-state index in [1.54, 1.807) is 0 Å². The Morgan fingerprint density at radius 2 is 1.24 bits per heavy atom. The van der Waals surface area contributed by atoms with Crippen molar-refractivity contribution in [3.63, 3.8) is 0 Å². The third-order valence-electron chi connectivity index (χ3n) is 8.78. The van der Waals surface area contributed by atoms with E-state index in [2.05, 4.69) is 146 Å². The molecule has 4 heteroatoms. The van der Waals surface area contributed by atoms with Gasteiger partial charge in [-0.2, -0.15) is 0 Å². The number of benzene rings is 7. The van der Waals surface area contributed by atoms with Gasteiger partial charge >= 0.3 is 0 Å². The summed E-state index contributed by atoms with van der Waals surface area (Å²) in [6, 6.07) is 48.9. The van der Waals surface area contributed by atoms with Crippen LogP contribution in [0.4, 0.5) is 0 Å². The van der Waals surface area contributed by atoms with Crippen molar-refractivity contribution in [2.75, 3.05) is 0 Å². The first-order valence-electron chi connectivity index (χ1n) is 15.2. The molecule has 1 unspecified atom stereocenters. The number of amidine groups is 2. The number of nitrogens with one attached hydrogen (secondary N) is 2. The van der Waals surface area contributed by atoms with Crippen LogP contribution in [0.25, 0.3) is 43.4 Å². The Balaban J connectivity index is 1.23. The van der Waals surface area contributed by atoms with E-state index in [0.29, 0.717) is 5.84 Å². The summed E-state index contributed by atoms with van der Waals surface area (Å²) in [5, 5.41) is 18.5. The molecule has 0 saturated carbocycles. The Morgan fingerprint density at radius 3 is 2.07 bits per heavy atom. The maximum Gasteiger partial charge on any atom is 0.159 e. The fourth-order valence-electron chi connectivity index (χ4n) is 6.33. The first kappa shape index (κ1) is 26.7. The van der Waals surface area contributed by atoms with Crippen LogP contribution in [0.2, 0.25) is 0 Å². The minimum absolute atomic E-state index is 0.295. The highest BCUT2D eigenvalue weighted by atomic mass is 15.2. The summed E-state index contributed by atoms with van der Waals surface area (Å²) in [6.45, 7) is 2.06. The third-order valence-corrected chi connectivity index (χ3v) is 8.78. The Kier molecular flexibility index (Phi) is 6.54. The molecule has 1 atom stereocenters. The van der Waals surface area contributed by atoms with E-state index in [1.807, 2.05) is 6.07 Å². The van der Waals surface area contributed by atoms with Gasteiger partial charge in [0.15, 0.2) is 5.84 Å². The standard InChI is InChI=1S/C41H30N4/c1-26-11-20-36-35-21-19-34(24-32(35)18-22-37(36)38(26)25-42)41-44-39(30-15-12-29(13-16-30)27-7-3-2-4-8-27)43-40(45-41)33-17-14-28-9-5-6-10-31(28)23-33/h2-25,40,42H,1H3,(H,43,44,45). The molecule has 2 N–H and O–H groups in total. The van der Waals surface area contributed by atoms with Crippen molar-refractivity contribution in [2.24, 2.45) is 9.98 Å². The van der Waals surface area contributed by atoms with Crippen molar-refractivity contribution in [1.29, 1.82) is 5.41 Å². The molecule has 7 aromatic rings. The van der Waals surface area contributed by atoms with Crippen LogP contribution in [0, 0.1) is 12.3 Å². The molecule has 0 spiro atoms. The molecule has 0 radical (unpaired) electrons. The zero-order valence-electron chi connectivity index (χ0n) is 24.8. The molecule has 0 amide bonds. The van der Waals surface area contributed by atoms with E-state index in [4.69, 9.17) is 15.4 Å². The van der Waals surface area contributed by atoms with Gasteiger partial charge < -0.3 is 10.7 Å². The highest BCUT2D eigenvalue weighted by molar-refractivity contribution is 6.17. The fraction of sp³-hybridized carbons (Fsp3) is 0.0488. The third kappa shape index (κ3) is 4.87. The molecule has 1 aliphatic rings. The molecule has 0 fully saturated rings. The van der Waals surface area contributed by atoms with Crippen LogP contribution in [0.1, 0.15) is 34.0 Å². The van der Waals surface area contributed by atoms with Crippen molar-refractivity contribution >= 4 is 50.2 Å². The lowest BCUT2D eigenvalue weighted by Crippen LogP contribution is -2.33. The molecule has 45 heavy (non-hydrogen) atoms. The van der Waals surface area contributed by atoms with E-state index in [0.717, 1.165) is 60.8 Å². The van der Waals surface area contributed by atoms with Crippen molar-refractivity contribution in [2.45, 2.75) is 13.1 Å². The second-order valence-electron chi connectivity index (χ2n) is 11.5. The first-order valence-corrected chi connectivity index (χ1v) is 15.2. The van der Waals surface area contributed by atoms with Crippen molar-refractivity contribution in [1.82, 2.24) is 5.32 Å². The molecule has 0 aromatic heterocycles. The van der Waals surface area contributed by atoms with Gasteiger partial charge in [-0.3, -0.25) is 0 Å². The molecule has 214 valence electrons. The van der Waals surface area contributed by atoms with Gasteiger partial charge in [-0.05, 0) is 73.6 Å². The van der Waals surface area contributed by atoms with E-state index in [-0.39, 0.29) is 6.17 Å². The lowest BCUT2D eigenvalue weighted by Gasteiger charge is -2.24. The Bertz CT molecular complexity index is 2320. The Morgan fingerprint density at radius 1 is 0.578 bits per heavy atom. The molecular formula is C41H30N4. The summed E-state index contributed by atoms with van der Waals surface area (Å²) in [7, 11) is 0. The Labute approximate surface area is 261 Å². The van der Waals surface area contributed by atoms with Gasteiger partial charge in [0.25, 0.3) is 0 Å². The predicted octanol–water partition coefficient (Wildman–Crippen LogP) is 9.61. The molecule has 1 aliphatic heterocycles. The number of rotatable bonds is 5. The van der Waals surface area contributed by atoms with Gasteiger partial charge in [0.05, 0.1) is 0 Å². The van der Waals surface area contributed by atoms with Crippen LogP contribution >= 0.6 is 0 Å². The molecule has 0 saturated heterocycles. The Hall–Kier alpha value is -5.87. The molecule has 8 rings (SSSR count). The topological polar surface area (TPSA) is 60.6 Å². The van der Waals surface area contributed by atoms with Crippen LogP contribution < -0.4 is 5.32 Å². The minimum atomic E-state index is -0.295. The summed E-state index contributed by atoms with van der Waals surface area (Å²) in [5.74, 6) is 1.49. The minimum Gasteiger partial charge on any atom is -0.344 e. The predicted molar refractivity (Wildman–Crippen MR) is 189 cm³/mol. The summed E-state index contributed by atoms with van der Waals surface area (Å²) < 4.78 is 0. The van der Waals surface area contributed by atoms with E-state index < -0.39 is 0 Å². The largest absolute Gasteiger partial charge is 0.344 e. The zero-order valence-corrected chi connectivity index (χ0v) is 24.8. The molecule has 7 aromatic carbocycles. The molecule has 4 nitrogen and oxygen atoms in total. The van der Waals surface area contributed by atoms with E-state index >= 15 is 0 Å². The maximum absolute atomic E-state index is 7.96. The average molecular weight is 579 g/mol. The quantitative estimate of drug-likeness (QED) is 0.155. The van der Waals surface area contributed by atoms with Crippen LogP contribution in [0.3, 0.4) is 0 Å². The van der Waals surface area contributed by atoms with Crippen LogP contribution in [0.15, 0.2) is 150 Å². The second kappa shape index (κ2) is 11.0. The number of aliphatic imine (C=N–C) groups is 2. The SMILES string of the molecule is Cc1ccc2c(ccc3cc(C4=NC(c5ccc(-c6ccccc6)cc5)=NC(c5ccc6ccccc6c5)N4)ccc32)c1C=N. The van der Waals surface area contributed by atoms with E-state index in [1.165, 1.54) is 22.6 Å². The highest BCUT2D eigenvalue weighted by Crippen LogP contribution is 2.31. The summed E-state index contributed by atoms with van der Waals surface area (Å²) in [4.78, 5) is 10.2.